The van der Waals surface area contributed by atoms with Gasteiger partial charge in [0.25, 0.3) is 0 Å². The Kier molecular flexibility index (Phi) is 13.0. The van der Waals surface area contributed by atoms with E-state index in [1.54, 1.807) is 0 Å². The molecule has 4 aromatic rings. The number of aliphatic hydroxyl groups excluding tert-OH is 2. The normalized spacial score (nSPS) is 12.9. The first kappa shape index (κ1) is 39.8. The summed E-state index contributed by atoms with van der Waals surface area (Å²) in [7, 11) is 2.19. The number of esters is 2. The Labute approximate surface area is 286 Å². The molecule has 0 aliphatic rings. The van der Waals surface area contributed by atoms with Crippen LogP contribution in [-0.2, 0) is 45.2 Å². The Balaban J connectivity index is 0.000000270. The lowest BCUT2D eigenvalue weighted by molar-refractivity contribution is -0.207. The van der Waals surface area contributed by atoms with Crippen LogP contribution in [0.3, 0.4) is 0 Å². The summed E-state index contributed by atoms with van der Waals surface area (Å²) in [5.41, 5.74) is -1.39. The molecular formula is C28H26Cl2F6N6O8. The van der Waals surface area contributed by atoms with E-state index in [0.29, 0.717) is 39.7 Å². The quantitative estimate of drug-likeness (QED) is 0.181. The van der Waals surface area contributed by atoms with Crippen molar-refractivity contribution < 1.29 is 55.6 Å². The molecule has 272 valence electrons. The molecule has 50 heavy (non-hydrogen) atoms. The fourth-order valence-electron chi connectivity index (χ4n) is 3.97. The summed E-state index contributed by atoms with van der Waals surface area (Å²) in [6, 6.07) is 11.6. The van der Waals surface area contributed by atoms with Crippen molar-refractivity contribution in [1.82, 2.24) is 28.7 Å². The topological polar surface area (TPSA) is 173 Å². The number of halogens is 8. The molecule has 0 fully saturated rings. The summed E-state index contributed by atoms with van der Waals surface area (Å²) in [5.74, 6) is -1.89. The van der Waals surface area contributed by atoms with Gasteiger partial charge in [-0.25, -0.2) is 19.0 Å². The Bertz CT molecular complexity index is 1770. The highest BCUT2D eigenvalue weighted by molar-refractivity contribution is 6.30. The zero-order valence-corrected chi connectivity index (χ0v) is 27.2. The first-order chi connectivity index (χ1) is 23.3. The molecule has 0 saturated carbocycles. The number of alkyl halides is 6. The van der Waals surface area contributed by atoms with E-state index < -0.39 is 74.1 Å². The molecule has 2 aromatic heterocycles. The Morgan fingerprint density at radius 2 is 0.980 bits per heavy atom. The highest BCUT2D eigenvalue weighted by Crippen LogP contribution is 2.25. The van der Waals surface area contributed by atoms with Crippen molar-refractivity contribution in [3.05, 3.63) is 79.5 Å². The maximum Gasteiger partial charge on any atom is 0.416 e. The lowest BCUT2D eigenvalue weighted by Crippen LogP contribution is -2.37. The fraction of sp³-hybridized carbons (Fsp3) is 0.357. The predicted octanol–water partition coefficient (Wildman–Crippen LogP) is 2.92. The number of hydrogen-bond donors (Lipinski definition) is 2. The van der Waals surface area contributed by atoms with Crippen molar-refractivity contribution >= 4 is 35.1 Å². The van der Waals surface area contributed by atoms with Crippen LogP contribution >= 0.6 is 23.2 Å². The van der Waals surface area contributed by atoms with Gasteiger partial charge in [0.05, 0.1) is 27.3 Å². The van der Waals surface area contributed by atoms with Gasteiger partial charge in [0.15, 0.2) is 23.9 Å². The van der Waals surface area contributed by atoms with Gasteiger partial charge in [0.2, 0.25) is 0 Å². The number of hydrogen-bond acceptors (Lipinski definition) is 10. The number of aliphatic hydroxyl groups is 2. The number of aromatic nitrogens is 6. The second-order valence-corrected chi connectivity index (χ2v) is 10.9. The third-order valence-electron chi connectivity index (χ3n) is 6.53. The number of benzene rings is 2. The van der Waals surface area contributed by atoms with Crippen molar-refractivity contribution in [3.8, 4) is 22.8 Å². The van der Waals surface area contributed by atoms with Crippen LogP contribution in [0.4, 0.5) is 26.3 Å². The van der Waals surface area contributed by atoms with Crippen molar-refractivity contribution in [2.45, 2.75) is 50.7 Å². The molecule has 0 bridgehead atoms. The molecule has 2 N–H and O–H groups in total. The summed E-state index contributed by atoms with van der Waals surface area (Å²) in [4.78, 5) is 47.3. The van der Waals surface area contributed by atoms with Crippen LogP contribution in [0.1, 0.15) is 0 Å². The predicted molar refractivity (Wildman–Crippen MR) is 162 cm³/mol. The average Bonchev–Trinajstić information content (AvgIpc) is 3.51. The molecule has 14 nitrogen and oxygen atoms in total. The lowest BCUT2D eigenvalue weighted by Gasteiger charge is -2.15. The minimum atomic E-state index is -4.92. The Morgan fingerprint density at radius 3 is 1.24 bits per heavy atom. The largest absolute Gasteiger partial charge is 0.468 e. The average molecular weight is 759 g/mol. The monoisotopic (exact) mass is 758 g/mol. The van der Waals surface area contributed by atoms with Gasteiger partial charge >= 0.3 is 35.7 Å². The molecule has 2 atom stereocenters. The molecule has 4 rings (SSSR count). The number of ether oxygens (including phenoxy) is 2. The molecule has 0 radical (unpaired) electrons. The molecular weight excluding hydrogens is 733 g/mol. The first-order valence-electron chi connectivity index (χ1n) is 13.8. The summed E-state index contributed by atoms with van der Waals surface area (Å²) >= 11 is 11.5. The number of methoxy groups -OCH3 is 2. The van der Waals surface area contributed by atoms with Crippen LogP contribution in [0.2, 0.25) is 10.0 Å². The van der Waals surface area contributed by atoms with E-state index in [1.165, 1.54) is 48.5 Å². The van der Waals surface area contributed by atoms with Gasteiger partial charge in [-0.15, -0.1) is 10.2 Å². The number of carbonyl (C=O) groups excluding carboxylic acids is 2. The van der Waals surface area contributed by atoms with Gasteiger partial charge in [0, 0.05) is 21.2 Å². The van der Waals surface area contributed by atoms with Crippen LogP contribution < -0.4 is 11.4 Å². The number of carbonyl (C=O) groups is 2. The third kappa shape index (κ3) is 10.2. The zero-order valence-electron chi connectivity index (χ0n) is 25.7. The van der Waals surface area contributed by atoms with Crippen molar-refractivity contribution in [2.24, 2.45) is 0 Å². The summed E-state index contributed by atoms with van der Waals surface area (Å²) in [6.07, 6.45) is -15.4. The second kappa shape index (κ2) is 16.4. The van der Waals surface area contributed by atoms with E-state index in [-0.39, 0.29) is 11.6 Å². The van der Waals surface area contributed by atoms with Crippen LogP contribution in [0.25, 0.3) is 22.8 Å². The number of nitrogens with zero attached hydrogens (tertiary/aromatic N) is 6. The van der Waals surface area contributed by atoms with E-state index in [4.69, 9.17) is 23.2 Å². The van der Waals surface area contributed by atoms with Crippen molar-refractivity contribution in [1.29, 1.82) is 0 Å². The van der Waals surface area contributed by atoms with Crippen LogP contribution in [0.5, 0.6) is 0 Å². The van der Waals surface area contributed by atoms with E-state index in [9.17, 15) is 55.7 Å². The molecule has 0 amide bonds. The Morgan fingerprint density at radius 1 is 0.680 bits per heavy atom. The third-order valence-corrected chi connectivity index (χ3v) is 7.03. The van der Waals surface area contributed by atoms with Gasteiger partial charge < -0.3 is 19.7 Å². The molecule has 0 aliphatic heterocycles. The second-order valence-electron chi connectivity index (χ2n) is 10.0. The van der Waals surface area contributed by atoms with Gasteiger partial charge in [-0.05, 0) is 48.5 Å². The molecule has 2 heterocycles. The van der Waals surface area contributed by atoms with Gasteiger partial charge in [-0.1, -0.05) is 23.2 Å². The van der Waals surface area contributed by atoms with Crippen LogP contribution in [0.15, 0.2) is 58.1 Å². The molecule has 0 unspecified atom stereocenters. The molecule has 0 saturated heterocycles. The Hall–Kier alpha value is -4.66. The van der Waals surface area contributed by atoms with E-state index in [2.05, 4.69) is 19.7 Å². The highest BCUT2D eigenvalue weighted by atomic mass is 35.5. The summed E-state index contributed by atoms with van der Waals surface area (Å²) < 4.78 is 87.3. The van der Waals surface area contributed by atoms with Gasteiger partial charge in [0.1, 0.15) is 13.1 Å². The van der Waals surface area contributed by atoms with Crippen LogP contribution in [0, 0.1) is 0 Å². The standard InChI is InChI=1S/2C14H13ClF3N3O4/c2*1-25-11(23)7-21-13(24)20(6-10(22)14(16,17)18)12(19-21)8-2-4-9(15)5-3-8/h2*2-5,10,22H,6-7H2,1H3/t2*10-/m10/s1. The molecule has 0 aliphatic carbocycles. The number of rotatable bonds is 10. The maximum atomic E-state index is 12.6. The summed E-state index contributed by atoms with van der Waals surface area (Å²) in [6.45, 7) is -3.29. The SMILES string of the molecule is COC(=O)Cn1nc(-c2ccc(Cl)cc2)n(C[C@@H](O)C(F)(F)F)c1=O.COC(=O)Cn1nc(-c2ccc(Cl)cc2)n(C[C@H](O)C(F)(F)F)c1=O. The molecule has 0 spiro atoms. The minimum Gasteiger partial charge on any atom is -0.468 e. The fourth-order valence-corrected chi connectivity index (χ4v) is 4.22. The smallest absolute Gasteiger partial charge is 0.416 e. The van der Waals surface area contributed by atoms with Gasteiger partial charge in [-0.3, -0.25) is 18.7 Å². The van der Waals surface area contributed by atoms with E-state index >= 15 is 0 Å². The maximum absolute atomic E-state index is 12.6. The molecule has 22 heteroatoms. The minimum absolute atomic E-state index is 0.145. The van der Waals surface area contributed by atoms with Crippen molar-refractivity contribution in [3.63, 3.8) is 0 Å². The molecule has 2 aromatic carbocycles. The van der Waals surface area contributed by atoms with E-state index in [1.807, 2.05) is 0 Å². The van der Waals surface area contributed by atoms with Gasteiger partial charge in [-0.2, -0.15) is 26.3 Å². The summed E-state index contributed by atoms with van der Waals surface area (Å²) in [5, 5.41) is 27.1. The van der Waals surface area contributed by atoms with E-state index in [0.717, 1.165) is 14.2 Å². The van der Waals surface area contributed by atoms with Crippen LogP contribution in [-0.4, -0.2) is 89.6 Å². The van der Waals surface area contributed by atoms with Crippen molar-refractivity contribution in [2.75, 3.05) is 14.2 Å². The first-order valence-corrected chi connectivity index (χ1v) is 14.5. The highest BCUT2D eigenvalue weighted by Gasteiger charge is 2.40. The lowest BCUT2D eigenvalue weighted by atomic mass is 10.2. The zero-order chi connectivity index (χ0) is 37.6.